The van der Waals surface area contributed by atoms with Gasteiger partial charge in [0.1, 0.15) is 0 Å². The summed E-state index contributed by atoms with van der Waals surface area (Å²) in [5.74, 6) is -0.275. The van der Waals surface area contributed by atoms with E-state index in [1.807, 2.05) is 0 Å². The summed E-state index contributed by atoms with van der Waals surface area (Å²) in [6.07, 6.45) is 0. The van der Waals surface area contributed by atoms with E-state index in [0.29, 0.717) is 18.1 Å². The molecule has 0 spiro atoms. The van der Waals surface area contributed by atoms with Crippen LogP contribution in [0.3, 0.4) is 0 Å². The fraction of sp³-hybridized carbons (Fsp3) is 0.333. The molecule has 0 bridgehead atoms. The molecule has 1 rings (SSSR count). The fourth-order valence-corrected chi connectivity index (χ4v) is 2.77. The number of halogens is 1. The number of hydrogen-bond acceptors (Lipinski definition) is 4. The van der Waals surface area contributed by atoms with E-state index in [0.717, 1.165) is 10.0 Å². The number of carboxylic acid groups (broad SMARTS) is 1. The molecule has 0 unspecified atom stereocenters. The van der Waals surface area contributed by atoms with E-state index in [2.05, 4.69) is 15.9 Å². The number of carboxylic acids is 1. The molecule has 98 valence electrons. The van der Waals surface area contributed by atoms with E-state index >= 15 is 0 Å². The van der Waals surface area contributed by atoms with Gasteiger partial charge in [-0.2, -0.15) is 0 Å². The monoisotopic (exact) mass is 332 g/mol. The predicted molar refractivity (Wildman–Crippen MR) is 73.9 cm³/mol. The van der Waals surface area contributed by atoms with Gasteiger partial charge >= 0.3 is 11.9 Å². The first kappa shape index (κ1) is 15.0. The smallest absolute Gasteiger partial charge is 0.335 e. The van der Waals surface area contributed by atoms with Crippen LogP contribution in [0.5, 0.6) is 0 Å². The molecule has 0 fully saturated rings. The van der Waals surface area contributed by atoms with Gasteiger partial charge in [0, 0.05) is 10.2 Å². The number of benzene rings is 1. The number of carbonyl (C=O) groups is 2. The second-order valence-electron chi connectivity index (χ2n) is 3.41. The molecule has 0 amide bonds. The summed E-state index contributed by atoms with van der Waals surface area (Å²) in [6, 6.07) is 4.85. The SMILES string of the molecule is CCOC(=O)CSCc1ccc(C(=O)O)cc1Br. The Morgan fingerprint density at radius 1 is 1.44 bits per heavy atom. The van der Waals surface area contributed by atoms with Crippen molar-refractivity contribution in [1.82, 2.24) is 0 Å². The molecule has 1 aromatic rings. The molecule has 0 heterocycles. The summed E-state index contributed by atoms with van der Waals surface area (Å²) in [7, 11) is 0. The molecular weight excluding hydrogens is 320 g/mol. The quantitative estimate of drug-likeness (QED) is 0.811. The maximum absolute atomic E-state index is 11.1. The fourth-order valence-electron chi connectivity index (χ4n) is 1.24. The van der Waals surface area contributed by atoms with E-state index in [9.17, 15) is 9.59 Å². The summed E-state index contributed by atoms with van der Waals surface area (Å²) < 4.78 is 5.55. The highest BCUT2D eigenvalue weighted by Crippen LogP contribution is 2.23. The largest absolute Gasteiger partial charge is 0.478 e. The Morgan fingerprint density at radius 2 is 2.17 bits per heavy atom. The average molecular weight is 333 g/mol. The lowest BCUT2D eigenvalue weighted by Crippen LogP contribution is -2.06. The van der Waals surface area contributed by atoms with Crippen LogP contribution >= 0.6 is 27.7 Å². The molecule has 0 aliphatic heterocycles. The van der Waals surface area contributed by atoms with Gasteiger partial charge in [0.25, 0.3) is 0 Å². The molecule has 0 aromatic heterocycles. The van der Waals surface area contributed by atoms with Crippen molar-refractivity contribution in [3.8, 4) is 0 Å². The zero-order valence-corrected chi connectivity index (χ0v) is 12.2. The van der Waals surface area contributed by atoms with E-state index in [1.54, 1.807) is 25.1 Å². The second kappa shape index (κ2) is 7.43. The Labute approximate surface area is 118 Å². The van der Waals surface area contributed by atoms with Gasteiger partial charge in [0.05, 0.1) is 17.9 Å². The third kappa shape index (κ3) is 4.70. The normalized spacial score (nSPS) is 10.1. The van der Waals surface area contributed by atoms with Gasteiger partial charge in [0.2, 0.25) is 0 Å². The van der Waals surface area contributed by atoms with Crippen molar-refractivity contribution in [3.63, 3.8) is 0 Å². The van der Waals surface area contributed by atoms with Crippen LogP contribution in [0.15, 0.2) is 22.7 Å². The van der Waals surface area contributed by atoms with Crippen LogP contribution in [-0.2, 0) is 15.3 Å². The zero-order chi connectivity index (χ0) is 13.5. The van der Waals surface area contributed by atoms with Crippen molar-refractivity contribution >= 4 is 39.6 Å². The van der Waals surface area contributed by atoms with Crippen molar-refractivity contribution in [2.24, 2.45) is 0 Å². The summed E-state index contributed by atoms with van der Waals surface area (Å²) in [5, 5.41) is 8.82. The summed E-state index contributed by atoms with van der Waals surface area (Å²) in [4.78, 5) is 21.9. The zero-order valence-electron chi connectivity index (χ0n) is 9.81. The number of thioether (sulfide) groups is 1. The van der Waals surface area contributed by atoms with Gasteiger partial charge in [-0.3, -0.25) is 4.79 Å². The molecular formula is C12H13BrO4S. The van der Waals surface area contributed by atoms with Crippen LogP contribution in [0.4, 0.5) is 0 Å². The van der Waals surface area contributed by atoms with E-state index in [4.69, 9.17) is 9.84 Å². The molecule has 1 aromatic carbocycles. The lowest BCUT2D eigenvalue weighted by molar-refractivity contribution is -0.139. The number of ether oxygens (including phenoxy) is 1. The van der Waals surface area contributed by atoms with Gasteiger partial charge in [0.15, 0.2) is 0 Å². The highest BCUT2D eigenvalue weighted by Gasteiger charge is 2.08. The Balaban J connectivity index is 2.53. The van der Waals surface area contributed by atoms with Crippen molar-refractivity contribution in [2.75, 3.05) is 12.4 Å². The molecule has 0 saturated heterocycles. The van der Waals surface area contributed by atoms with Crippen LogP contribution < -0.4 is 0 Å². The number of rotatable bonds is 6. The van der Waals surface area contributed by atoms with Crippen molar-refractivity contribution in [2.45, 2.75) is 12.7 Å². The second-order valence-corrected chi connectivity index (χ2v) is 5.25. The van der Waals surface area contributed by atoms with Crippen molar-refractivity contribution < 1.29 is 19.4 Å². The molecule has 0 radical (unpaired) electrons. The van der Waals surface area contributed by atoms with Crippen LogP contribution in [0.25, 0.3) is 0 Å². The molecule has 0 saturated carbocycles. The third-order valence-electron chi connectivity index (χ3n) is 2.08. The van der Waals surface area contributed by atoms with Gasteiger partial charge in [-0.1, -0.05) is 22.0 Å². The summed E-state index contributed by atoms with van der Waals surface area (Å²) >= 11 is 4.75. The third-order valence-corrected chi connectivity index (χ3v) is 3.78. The van der Waals surface area contributed by atoms with E-state index in [1.165, 1.54) is 11.8 Å². The summed E-state index contributed by atoms with van der Waals surface area (Å²) in [5.41, 5.74) is 1.19. The van der Waals surface area contributed by atoms with Crippen molar-refractivity contribution in [3.05, 3.63) is 33.8 Å². The number of aromatic carboxylic acids is 1. The first-order valence-electron chi connectivity index (χ1n) is 5.29. The highest BCUT2D eigenvalue weighted by atomic mass is 79.9. The maximum Gasteiger partial charge on any atom is 0.335 e. The van der Waals surface area contributed by atoms with Crippen LogP contribution in [0.1, 0.15) is 22.8 Å². The first-order chi connectivity index (χ1) is 8.54. The molecule has 0 aliphatic carbocycles. The van der Waals surface area contributed by atoms with E-state index in [-0.39, 0.29) is 11.5 Å². The minimum absolute atomic E-state index is 0.235. The molecule has 6 heteroatoms. The maximum atomic E-state index is 11.1. The molecule has 0 aliphatic rings. The average Bonchev–Trinajstić information content (AvgIpc) is 2.31. The Hall–Kier alpha value is -1.01. The Kier molecular flexibility index (Phi) is 6.21. The van der Waals surface area contributed by atoms with Gasteiger partial charge in [-0.05, 0) is 24.6 Å². The Morgan fingerprint density at radius 3 is 2.72 bits per heavy atom. The molecule has 1 N–H and O–H groups in total. The number of esters is 1. The standard InChI is InChI=1S/C12H13BrO4S/c1-2-17-11(14)7-18-6-9-4-3-8(12(15)16)5-10(9)13/h3-5H,2,6-7H2,1H3,(H,15,16). The topological polar surface area (TPSA) is 63.6 Å². The molecule has 4 nitrogen and oxygen atoms in total. The number of carbonyl (C=O) groups excluding carboxylic acids is 1. The minimum atomic E-state index is -0.957. The summed E-state index contributed by atoms with van der Waals surface area (Å²) in [6.45, 7) is 2.15. The van der Waals surface area contributed by atoms with E-state index < -0.39 is 5.97 Å². The van der Waals surface area contributed by atoms with Crippen molar-refractivity contribution in [1.29, 1.82) is 0 Å². The van der Waals surface area contributed by atoms with Gasteiger partial charge in [-0.25, -0.2) is 4.79 Å². The first-order valence-corrected chi connectivity index (χ1v) is 7.24. The lowest BCUT2D eigenvalue weighted by Gasteiger charge is -2.05. The van der Waals surface area contributed by atoms with Gasteiger partial charge < -0.3 is 9.84 Å². The molecule has 18 heavy (non-hydrogen) atoms. The number of hydrogen-bond donors (Lipinski definition) is 1. The highest BCUT2D eigenvalue weighted by molar-refractivity contribution is 9.10. The van der Waals surface area contributed by atoms with Crippen LogP contribution in [0, 0.1) is 0 Å². The Bertz CT molecular complexity index is 448. The lowest BCUT2D eigenvalue weighted by atomic mass is 10.1. The van der Waals surface area contributed by atoms with Crippen LogP contribution in [-0.4, -0.2) is 29.4 Å². The predicted octanol–water partition coefficient (Wildman–Crippen LogP) is 2.94. The van der Waals surface area contributed by atoms with Crippen LogP contribution in [0.2, 0.25) is 0 Å². The van der Waals surface area contributed by atoms with Gasteiger partial charge in [-0.15, -0.1) is 11.8 Å². The minimum Gasteiger partial charge on any atom is -0.478 e. The molecule has 0 atom stereocenters.